The highest BCUT2D eigenvalue weighted by Gasteiger charge is 2.37. The number of anilines is 1. The third kappa shape index (κ3) is 4.94. The lowest BCUT2D eigenvalue weighted by atomic mass is 9.93. The summed E-state index contributed by atoms with van der Waals surface area (Å²) in [6, 6.07) is 13.6. The van der Waals surface area contributed by atoms with Gasteiger partial charge in [0.15, 0.2) is 4.80 Å². The first-order valence-corrected chi connectivity index (χ1v) is 14.5. The van der Waals surface area contributed by atoms with Gasteiger partial charge in [0, 0.05) is 18.7 Å². The lowest BCUT2D eigenvalue weighted by Gasteiger charge is -2.30. The minimum Gasteiger partial charge on any atom is -0.497 e. The molecule has 0 unspecified atom stereocenters. The van der Waals surface area contributed by atoms with Crippen LogP contribution in [0.1, 0.15) is 39.3 Å². The normalized spacial score (nSPS) is 18.5. The Hall–Kier alpha value is -4.51. The van der Waals surface area contributed by atoms with Crippen LogP contribution in [0, 0.1) is 5.92 Å². The number of hydrogen-bond acceptors (Lipinski definition) is 8. The predicted molar refractivity (Wildman–Crippen MR) is 163 cm³/mol. The molecule has 0 N–H and O–H groups in total. The number of thiazole rings is 1. The van der Waals surface area contributed by atoms with Crippen LogP contribution in [-0.4, -0.2) is 54.3 Å². The van der Waals surface area contributed by atoms with Crippen molar-refractivity contribution in [1.29, 1.82) is 0 Å². The molecule has 5 rings (SSSR count). The van der Waals surface area contributed by atoms with E-state index in [-0.39, 0.29) is 17.4 Å². The van der Waals surface area contributed by atoms with Crippen LogP contribution in [0.25, 0.3) is 6.08 Å². The standard InChI is InChI=1S/C31H33N5O5S/c1-7-34(8-2)30(39)26-19(4)32-31-35(27(26)23-16-21(40-5)14-15-24(23)41-6)29(38)25(42-31)17-22-18(3)33-36(28(22)37)20-12-10-9-11-13-20/h9-17,22,27H,7-8H2,1-6H3/b25-17-/t22-,27+/m0/s1. The fourth-order valence-electron chi connectivity index (χ4n) is 5.31. The highest BCUT2D eigenvalue weighted by Crippen LogP contribution is 2.38. The molecule has 0 bridgehead atoms. The van der Waals surface area contributed by atoms with Crippen molar-refractivity contribution in [1.82, 2.24) is 9.47 Å². The Labute approximate surface area is 247 Å². The van der Waals surface area contributed by atoms with Gasteiger partial charge in [0.05, 0.1) is 41.4 Å². The smallest absolute Gasteiger partial charge is 0.270 e. The number of methoxy groups -OCH3 is 2. The maximum atomic E-state index is 14.2. The van der Waals surface area contributed by atoms with Gasteiger partial charge in [-0.15, -0.1) is 0 Å². The number of amides is 2. The van der Waals surface area contributed by atoms with Crippen LogP contribution in [-0.2, 0) is 9.59 Å². The Bertz CT molecular complexity index is 1790. The highest BCUT2D eigenvalue weighted by atomic mass is 32.1. The summed E-state index contributed by atoms with van der Waals surface area (Å²) >= 11 is 1.18. The molecule has 11 heteroatoms. The van der Waals surface area contributed by atoms with Crippen molar-refractivity contribution >= 4 is 40.6 Å². The van der Waals surface area contributed by atoms with Crippen LogP contribution in [0.15, 0.2) is 74.7 Å². The minimum absolute atomic E-state index is 0.210. The Morgan fingerprint density at radius 1 is 1.05 bits per heavy atom. The lowest BCUT2D eigenvalue weighted by Crippen LogP contribution is -2.43. The second-order valence-corrected chi connectivity index (χ2v) is 10.9. The van der Waals surface area contributed by atoms with Crippen molar-refractivity contribution in [3.63, 3.8) is 0 Å². The zero-order chi connectivity index (χ0) is 30.1. The number of benzene rings is 2. The van der Waals surface area contributed by atoms with Crippen LogP contribution in [0.2, 0.25) is 0 Å². The number of hydrogen-bond donors (Lipinski definition) is 0. The van der Waals surface area contributed by atoms with E-state index in [1.165, 1.54) is 20.9 Å². The molecular formula is C31H33N5O5S. The molecule has 2 atom stereocenters. The first kappa shape index (κ1) is 29.0. The largest absolute Gasteiger partial charge is 0.497 e. The molecular weight excluding hydrogens is 554 g/mol. The van der Waals surface area contributed by atoms with E-state index in [9.17, 15) is 14.4 Å². The van der Waals surface area contributed by atoms with Crippen LogP contribution in [0.4, 0.5) is 5.69 Å². The van der Waals surface area contributed by atoms with Gasteiger partial charge in [-0.2, -0.15) is 10.1 Å². The quantitative estimate of drug-likeness (QED) is 0.403. The summed E-state index contributed by atoms with van der Waals surface area (Å²) in [4.78, 5) is 48.4. The molecule has 42 heavy (non-hydrogen) atoms. The molecule has 0 saturated carbocycles. The number of fused-ring (bicyclic) bond motifs is 1. The summed E-state index contributed by atoms with van der Waals surface area (Å²) in [5.74, 6) is -0.111. The molecule has 2 aliphatic heterocycles. The fourth-order valence-corrected chi connectivity index (χ4v) is 6.37. The second-order valence-electron chi connectivity index (χ2n) is 9.89. The molecule has 2 aliphatic rings. The molecule has 3 aromatic rings. The van der Waals surface area contributed by atoms with Gasteiger partial charge in [0.1, 0.15) is 23.5 Å². The van der Waals surface area contributed by atoms with Crippen LogP contribution < -0.4 is 29.4 Å². The van der Waals surface area contributed by atoms with E-state index >= 15 is 0 Å². The first-order valence-electron chi connectivity index (χ1n) is 13.7. The van der Waals surface area contributed by atoms with Crippen LogP contribution in [0.5, 0.6) is 11.5 Å². The maximum Gasteiger partial charge on any atom is 0.270 e. The topological polar surface area (TPSA) is 106 Å². The molecule has 0 radical (unpaired) electrons. The third-order valence-corrected chi connectivity index (χ3v) is 8.54. The van der Waals surface area contributed by atoms with Crippen molar-refractivity contribution in [3.8, 4) is 11.5 Å². The molecule has 2 aromatic carbocycles. The third-order valence-electron chi connectivity index (χ3n) is 7.54. The zero-order valence-electron chi connectivity index (χ0n) is 24.5. The number of nitrogens with zero attached hydrogens (tertiary/aromatic N) is 5. The Morgan fingerprint density at radius 2 is 1.76 bits per heavy atom. The number of carbonyl (C=O) groups is 2. The van der Waals surface area contributed by atoms with Crippen LogP contribution >= 0.6 is 11.3 Å². The van der Waals surface area contributed by atoms with Crippen molar-refractivity contribution in [3.05, 3.63) is 85.1 Å². The number of ether oxygens (including phenoxy) is 2. The van der Waals surface area contributed by atoms with Gasteiger partial charge in [-0.1, -0.05) is 29.5 Å². The second kappa shape index (κ2) is 11.8. The lowest BCUT2D eigenvalue weighted by molar-refractivity contribution is -0.127. The molecule has 0 aliphatic carbocycles. The van der Waals surface area contributed by atoms with Gasteiger partial charge in [0.2, 0.25) is 0 Å². The van der Waals surface area contributed by atoms with E-state index in [2.05, 4.69) is 5.10 Å². The zero-order valence-corrected chi connectivity index (χ0v) is 25.3. The Morgan fingerprint density at radius 3 is 2.40 bits per heavy atom. The minimum atomic E-state index is -0.823. The number of allylic oxidation sites excluding steroid dienone is 1. The van der Waals surface area contributed by atoms with E-state index in [0.717, 1.165) is 0 Å². The number of para-hydroxylation sites is 1. The maximum absolute atomic E-state index is 14.2. The summed E-state index contributed by atoms with van der Waals surface area (Å²) in [7, 11) is 3.10. The summed E-state index contributed by atoms with van der Waals surface area (Å²) < 4.78 is 13.1. The Balaban J connectivity index is 1.69. The van der Waals surface area contributed by atoms with Gasteiger partial charge in [0.25, 0.3) is 17.4 Å². The van der Waals surface area contributed by atoms with E-state index in [0.29, 0.717) is 62.2 Å². The molecule has 0 fully saturated rings. The van der Waals surface area contributed by atoms with Crippen molar-refractivity contribution in [2.75, 3.05) is 32.3 Å². The summed E-state index contributed by atoms with van der Waals surface area (Å²) in [5, 5.41) is 5.83. The summed E-state index contributed by atoms with van der Waals surface area (Å²) in [5.41, 5.74) is 2.37. The average Bonchev–Trinajstić information content (AvgIpc) is 3.46. The number of hydrazone groups is 1. The van der Waals surface area contributed by atoms with Gasteiger partial charge in [-0.25, -0.2) is 4.99 Å². The number of carbonyl (C=O) groups excluding carboxylic acids is 2. The molecule has 0 saturated heterocycles. The predicted octanol–water partition coefficient (Wildman–Crippen LogP) is 3.11. The van der Waals surface area contributed by atoms with Gasteiger partial charge in [-0.05, 0) is 64.1 Å². The summed E-state index contributed by atoms with van der Waals surface area (Å²) in [6.07, 6.45) is 1.65. The van der Waals surface area contributed by atoms with E-state index in [1.807, 2.05) is 44.2 Å². The van der Waals surface area contributed by atoms with E-state index < -0.39 is 12.0 Å². The number of aromatic nitrogens is 1. The number of rotatable bonds is 8. The van der Waals surface area contributed by atoms with Gasteiger partial charge < -0.3 is 14.4 Å². The highest BCUT2D eigenvalue weighted by molar-refractivity contribution is 7.07. The molecule has 1 aromatic heterocycles. The molecule has 10 nitrogen and oxygen atoms in total. The Kier molecular flexibility index (Phi) is 8.13. The monoisotopic (exact) mass is 587 g/mol. The molecule has 0 spiro atoms. The number of likely N-dealkylation sites (N-methyl/N-ethyl adjacent to an activating group) is 1. The van der Waals surface area contributed by atoms with Crippen LogP contribution in [0.3, 0.4) is 0 Å². The van der Waals surface area contributed by atoms with E-state index in [4.69, 9.17) is 14.5 Å². The summed E-state index contributed by atoms with van der Waals surface area (Å²) in [6.45, 7) is 8.37. The van der Waals surface area contributed by atoms with Gasteiger partial charge >= 0.3 is 0 Å². The van der Waals surface area contributed by atoms with E-state index in [1.54, 1.807) is 57.2 Å². The average molecular weight is 588 g/mol. The molecule has 3 heterocycles. The van der Waals surface area contributed by atoms with Crippen molar-refractivity contribution in [2.45, 2.75) is 33.7 Å². The fraction of sp³-hybridized carbons (Fsp3) is 0.323. The van der Waals surface area contributed by atoms with Gasteiger partial charge in [-0.3, -0.25) is 19.0 Å². The van der Waals surface area contributed by atoms with Crippen molar-refractivity contribution in [2.24, 2.45) is 16.0 Å². The van der Waals surface area contributed by atoms with Crippen molar-refractivity contribution < 1.29 is 19.1 Å². The SMILES string of the molecule is CCN(CC)C(=O)C1=C(C)N=c2s/c(=C\[C@@H]3C(=O)N(c4ccccc4)N=C3C)c(=O)n2[C@@H]1c1cc(OC)ccc1OC. The molecule has 218 valence electrons. The first-order chi connectivity index (χ1) is 20.2. The molecule has 2 amide bonds.